The number of aliphatic hydroxyl groups excluding tert-OH is 2. The summed E-state index contributed by atoms with van der Waals surface area (Å²) >= 11 is 1.53. The van der Waals surface area contributed by atoms with Gasteiger partial charge >= 0.3 is 0 Å². The maximum atomic E-state index is 11.6. The molecule has 11 heteroatoms. The number of thioether (sulfide) groups is 1. The van der Waals surface area contributed by atoms with Gasteiger partial charge in [0.05, 0.1) is 18.1 Å². The summed E-state index contributed by atoms with van der Waals surface area (Å²) in [5.41, 5.74) is 6.33. The van der Waals surface area contributed by atoms with E-state index >= 15 is 0 Å². The van der Waals surface area contributed by atoms with Crippen LogP contribution in [0.5, 0.6) is 0 Å². The van der Waals surface area contributed by atoms with E-state index in [-0.39, 0.29) is 12.5 Å². The molecular formula is C18H29N7O3S. The molecule has 1 aliphatic rings. The molecular weight excluding hydrogens is 394 g/mol. The van der Waals surface area contributed by atoms with Crippen LogP contribution in [0, 0.1) is 5.92 Å². The molecule has 0 radical (unpaired) electrons. The first-order valence-corrected chi connectivity index (χ1v) is 11.0. The number of rotatable bonds is 9. The SMILES string of the molecule is CCCSc1nc(NC(C)CCC)c2nnn(C3C[C@H](C(N)=O)C(O)C3O)c2n1. The summed E-state index contributed by atoms with van der Waals surface area (Å²) in [6.45, 7) is 6.28. The lowest BCUT2D eigenvalue weighted by Crippen LogP contribution is -2.35. The van der Waals surface area contributed by atoms with Crippen molar-refractivity contribution in [1.82, 2.24) is 25.0 Å². The predicted molar refractivity (Wildman–Crippen MR) is 110 cm³/mol. The standard InChI is InChI=1S/C18H29N7O3S/c1-4-6-9(3)20-16-12-17(22-18(21-16)29-7-5-2)25(24-23-12)11-8-10(15(19)28)13(26)14(11)27/h9-11,13-14,26-27H,4-8H2,1-3H3,(H2,19,28)(H,20,21,22)/t9?,10-,11?,13?,14?/m0/s1. The van der Waals surface area contributed by atoms with E-state index in [9.17, 15) is 15.0 Å². The summed E-state index contributed by atoms with van der Waals surface area (Å²) in [6, 6.07) is -0.447. The van der Waals surface area contributed by atoms with Crippen LogP contribution in [0.15, 0.2) is 5.16 Å². The minimum atomic E-state index is -1.24. The fourth-order valence-corrected chi connectivity index (χ4v) is 4.36. The molecule has 29 heavy (non-hydrogen) atoms. The van der Waals surface area contributed by atoms with E-state index in [1.807, 2.05) is 0 Å². The molecule has 1 amide bonds. The fourth-order valence-electron chi connectivity index (χ4n) is 3.66. The van der Waals surface area contributed by atoms with Gasteiger partial charge in [-0.25, -0.2) is 14.6 Å². The smallest absolute Gasteiger partial charge is 0.223 e. The predicted octanol–water partition coefficient (Wildman–Crippen LogP) is 1.09. The number of nitrogens with two attached hydrogens (primary N) is 1. The number of nitrogens with zero attached hydrogens (tertiary/aromatic N) is 5. The largest absolute Gasteiger partial charge is 0.390 e. The molecule has 2 aromatic heterocycles. The third kappa shape index (κ3) is 4.46. The second kappa shape index (κ2) is 9.23. The molecule has 0 aliphatic heterocycles. The van der Waals surface area contributed by atoms with Gasteiger partial charge in [-0.15, -0.1) is 5.10 Å². The normalized spacial score (nSPS) is 25.4. The van der Waals surface area contributed by atoms with Crippen molar-refractivity contribution in [2.45, 2.75) is 75.9 Å². The van der Waals surface area contributed by atoms with Crippen LogP contribution in [0.3, 0.4) is 0 Å². The summed E-state index contributed by atoms with van der Waals surface area (Å²) in [5.74, 6) is -0.0218. The van der Waals surface area contributed by atoms with Crippen molar-refractivity contribution in [2.24, 2.45) is 11.7 Å². The van der Waals surface area contributed by atoms with Gasteiger partial charge in [0.15, 0.2) is 22.1 Å². The Labute approximate surface area is 173 Å². The van der Waals surface area contributed by atoms with Gasteiger partial charge in [-0.3, -0.25) is 4.79 Å². The molecule has 2 aromatic rings. The molecule has 2 heterocycles. The number of amides is 1. The zero-order valence-corrected chi connectivity index (χ0v) is 17.8. The van der Waals surface area contributed by atoms with Gasteiger partial charge in [0.25, 0.3) is 0 Å². The molecule has 5 N–H and O–H groups in total. The van der Waals surface area contributed by atoms with Crippen molar-refractivity contribution in [1.29, 1.82) is 0 Å². The van der Waals surface area contributed by atoms with Crippen molar-refractivity contribution >= 4 is 34.7 Å². The van der Waals surface area contributed by atoms with Crippen molar-refractivity contribution in [3.8, 4) is 0 Å². The average Bonchev–Trinajstić information content (AvgIpc) is 3.22. The van der Waals surface area contributed by atoms with Gasteiger partial charge in [0, 0.05) is 11.8 Å². The second-order valence-corrected chi connectivity index (χ2v) is 8.60. The Hall–Kier alpha value is -1.98. The van der Waals surface area contributed by atoms with Gasteiger partial charge in [-0.1, -0.05) is 37.2 Å². The van der Waals surface area contributed by atoms with Gasteiger partial charge in [-0.05, 0) is 26.2 Å². The highest BCUT2D eigenvalue weighted by molar-refractivity contribution is 7.99. The number of aromatic nitrogens is 5. The third-order valence-electron chi connectivity index (χ3n) is 5.17. The van der Waals surface area contributed by atoms with Crippen LogP contribution < -0.4 is 11.1 Å². The number of nitrogens with one attached hydrogen (secondary N) is 1. The number of hydrogen-bond acceptors (Lipinski definition) is 9. The summed E-state index contributed by atoms with van der Waals surface area (Å²) in [7, 11) is 0. The summed E-state index contributed by atoms with van der Waals surface area (Å²) in [5, 5.41) is 33.1. The average molecular weight is 424 g/mol. The fraction of sp³-hybridized carbons (Fsp3) is 0.722. The number of carbonyl (C=O) groups excluding carboxylic acids is 1. The molecule has 0 spiro atoms. The quantitative estimate of drug-likeness (QED) is 0.343. The van der Waals surface area contributed by atoms with Crippen LogP contribution in [0.2, 0.25) is 0 Å². The topological polar surface area (TPSA) is 152 Å². The monoisotopic (exact) mass is 423 g/mol. The molecule has 1 fully saturated rings. The van der Waals surface area contributed by atoms with Crippen molar-refractivity contribution in [3.05, 3.63) is 0 Å². The van der Waals surface area contributed by atoms with Crippen LogP contribution in [0.4, 0.5) is 5.82 Å². The molecule has 3 rings (SSSR count). The Balaban J connectivity index is 2.02. The number of hydrogen-bond donors (Lipinski definition) is 4. The molecule has 4 unspecified atom stereocenters. The summed E-state index contributed by atoms with van der Waals surface area (Å²) < 4.78 is 1.49. The van der Waals surface area contributed by atoms with Gasteiger partial charge in [0.1, 0.15) is 6.10 Å². The zero-order chi connectivity index (χ0) is 21.1. The van der Waals surface area contributed by atoms with E-state index in [1.165, 1.54) is 16.4 Å². The van der Waals surface area contributed by atoms with Crippen LogP contribution in [-0.2, 0) is 4.79 Å². The maximum Gasteiger partial charge on any atom is 0.223 e. The minimum absolute atomic E-state index is 0.173. The maximum absolute atomic E-state index is 11.6. The molecule has 160 valence electrons. The van der Waals surface area contributed by atoms with E-state index in [0.717, 1.165) is 25.0 Å². The zero-order valence-electron chi connectivity index (χ0n) is 16.9. The lowest BCUT2D eigenvalue weighted by molar-refractivity contribution is -0.125. The third-order valence-corrected chi connectivity index (χ3v) is 6.23. The lowest BCUT2D eigenvalue weighted by Gasteiger charge is -2.17. The minimum Gasteiger partial charge on any atom is -0.390 e. The Morgan fingerprint density at radius 2 is 2.07 bits per heavy atom. The highest BCUT2D eigenvalue weighted by Crippen LogP contribution is 2.37. The first kappa shape index (κ1) is 21.7. The van der Waals surface area contributed by atoms with E-state index in [2.05, 4.69) is 46.4 Å². The van der Waals surface area contributed by atoms with E-state index in [1.54, 1.807) is 0 Å². The molecule has 1 aliphatic carbocycles. The molecule has 5 atom stereocenters. The molecule has 0 saturated heterocycles. The van der Waals surface area contributed by atoms with Crippen molar-refractivity contribution in [2.75, 3.05) is 11.1 Å². The highest BCUT2D eigenvalue weighted by atomic mass is 32.2. The number of primary amides is 1. The van der Waals surface area contributed by atoms with E-state index in [0.29, 0.717) is 22.1 Å². The second-order valence-electron chi connectivity index (χ2n) is 7.54. The van der Waals surface area contributed by atoms with Crippen LogP contribution in [0.1, 0.15) is 52.5 Å². The summed E-state index contributed by atoms with van der Waals surface area (Å²) in [4.78, 5) is 20.8. The van der Waals surface area contributed by atoms with Gasteiger partial charge < -0.3 is 21.3 Å². The number of aliphatic hydroxyl groups is 2. The van der Waals surface area contributed by atoms with Crippen LogP contribution >= 0.6 is 11.8 Å². The number of fused-ring (bicyclic) bond motifs is 1. The van der Waals surface area contributed by atoms with Crippen LogP contribution in [-0.4, -0.2) is 65.1 Å². The van der Waals surface area contributed by atoms with Crippen LogP contribution in [0.25, 0.3) is 11.2 Å². The summed E-state index contributed by atoms with van der Waals surface area (Å²) in [6.07, 6.45) is 0.737. The van der Waals surface area contributed by atoms with Gasteiger partial charge in [-0.2, -0.15) is 0 Å². The Morgan fingerprint density at radius 1 is 1.31 bits per heavy atom. The highest BCUT2D eigenvalue weighted by Gasteiger charge is 2.46. The molecule has 0 bridgehead atoms. The molecule has 0 aromatic carbocycles. The number of carbonyl (C=O) groups is 1. The van der Waals surface area contributed by atoms with Gasteiger partial charge in [0.2, 0.25) is 5.91 Å². The Bertz CT molecular complexity index is 861. The Kier molecular flexibility index (Phi) is 6.91. The molecule has 1 saturated carbocycles. The first-order valence-electron chi connectivity index (χ1n) is 10.0. The Morgan fingerprint density at radius 3 is 2.69 bits per heavy atom. The van der Waals surface area contributed by atoms with E-state index < -0.39 is 30.1 Å². The van der Waals surface area contributed by atoms with Crippen molar-refractivity contribution < 1.29 is 15.0 Å². The molecule has 10 nitrogen and oxygen atoms in total. The lowest BCUT2D eigenvalue weighted by atomic mass is 10.1. The first-order chi connectivity index (χ1) is 13.9. The number of anilines is 1. The van der Waals surface area contributed by atoms with E-state index in [4.69, 9.17) is 5.73 Å². The van der Waals surface area contributed by atoms with Crippen molar-refractivity contribution in [3.63, 3.8) is 0 Å².